The number of aromatic nitrogens is 1. The monoisotopic (exact) mass is 490 g/mol. The summed E-state index contributed by atoms with van der Waals surface area (Å²) in [5, 5.41) is 11.3. The molecule has 1 fully saturated rings. The first-order valence-corrected chi connectivity index (χ1v) is 11.0. The fourth-order valence-electron chi connectivity index (χ4n) is 4.24. The van der Waals surface area contributed by atoms with E-state index in [1.165, 1.54) is 33.3 Å². The van der Waals surface area contributed by atoms with E-state index in [1.807, 2.05) is 6.07 Å². The molecule has 0 radical (unpaired) electrons. The van der Waals surface area contributed by atoms with E-state index in [0.29, 0.717) is 34.1 Å². The maximum Gasteiger partial charge on any atom is 0.295 e. The van der Waals surface area contributed by atoms with Crippen molar-refractivity contribution >= 4 is 17.4 Å². The molecule has 1 saturated heterocycles. The van der Waals surface area contributed by atoms with Crippen molar-refractivity contribution < 1.29 is 33.6 Å². The number of hydrogen-bond acceptors (Lipinski definition) is 8. The van der Waals surface area contributed by atoms with E-state index in [4.69, 9.17) is 18.9 Å². The molecule has 36 heavy (non-hydrogen) atoms. The fourth-order valence-corrected chi connectivity index (χ4v) is 4.24. The van der Waals surface area contributed by atoms with Crippen LogP contribution in [0.2, 0.25) is 0 Å². The predicted molar refractivity (Wildman–Crippen MR) is 131 cm³/mol. The van der Waals surface area contributed by atoms with Crippen LogP contribution in [0.25, 0.3) is 5.76 Å². The average molecular weight is 491 g/mol. The lowest BCUT2D eigenvalue weighted by molar-refractivity contribution is -0.140. The Morgan fingerprint density at radius 2 is 1.61 bits per heavy atom. The molecular weight excluding hydrogens is 464 g/mol. The van der Waals surface area contributed by atoms with Gasteiger partial charge in [-0.1, -0.05) is 6.07 Å². The number of amides is 1. The number of ketones is 1. The third-order valence-corrected chi connectivity index (χ3v) is 5.98. The predicted octanol–water partition coefficient (Wildman–Crippen LogP) is 3.74. The third-order valence-electron chi connectivity index (χ3n) is 5.98. The second kappa shape index (κ2) is 10.4. The number of hydrogen-bond donors (Lipinski definition) is 1. The maximum atomic E-state index is 13.3. The molecule has 0 aliphatic carbocycles. The van der Waals surface area contributed by atoms with Crippen LogP contribution in [0, 0.1) is 0 Å². The standard InChI is InChI=1S/C27H26N2O7/c1-33-19-9-7-17(8-10-19)24(30)22-23(18-12-20(34-2)26(36-4)21(13-18)35-3)29(27(32)25(22)31)15-16-6-5-11-28-14-16/h5-14,23,30H,15H2,1-4H3/b24-22-. The number of carbonyl (C=O) groups excluding carboxylic acids is 2. The van der Waals surface area contributed by atoms with E-state index in [1.54, 1.807) is 54.9 Å². The molecule has 1 aliphatic heterocycles. The number of Topliss-reactive ketones (excluding diaryl/α,β-unsaturated/α-hetero) is 1. The molecule has 1 amide bonds. The normalized spacial score (nSPS) is 16.7. The summed E-state index contributed by atoms with van der Waals surface area (Å²) in [6.45, 7) is 0.0964. The van der Waals surface area contributed by atoms with Crippen LogP contribution in [-0.2, 0) is 16.1 Å². The lowest BCUT2D eigenvalue weighted by atomic mass is 9.94. The summed E-state index contributed by atoms with van der Waals surface area (Å²) in [5.74, 6) is -0.193. The number of rotatable bonds is 8. The van der Waals surface area contributed by atoms with Gasteiger partial charge in [0.15, 0.2) is 11.5 Å². The molecule has 4 rings (SSSR count). The highest BCUT2D eigenvalue weighted by Gasteiger charge is 2.46. The number of methoxy groups -OCH3 is 4. The summed E-state index contributed by atoms with van der Waals surface area (Å²) in [5.41, 5.74) is 1.54. The number of aliphatic hydroxyl groups is 1. The van der Waals surface area contributed by atoms with Crippen molar-refractivity contribution in [1.29, 1.82) is 0 Å². The zero-order valence-corrected chi connectivity index (χ0v) is 20.3. The van der Waals surface area contributed by atoms with E-state index in [0.717, 1.165) is 5.56 Å². The second-order valence-electron chi connectivity index (χ2n) is 7.98. The Hall–Kier alpha value is -4.53. The molecule has 0 bridgehead atoms. The van der Waals surface area contributed by atoms with Crippen LogP contribution in [0.1, 0.15) is 22.7 Å². The van der Waals surface area contributed by atoms with Gasteiger partial charge in [0, 0.05) is 24.5 Å². The highest BCUT2D eigenvalue weighted by atomic mass is 16.5. The number of benzene rings is 2. The lowest BCUT2D eigenvalue weighted by Crippen LogP contribution is -2.29. The summed E-state index contributed by atoms with van der Waals surface area (Å²) in [6.07, 6.45) is 3.24. The molecule has 1 N–H and O–H groups in total. The van der Waals surface area contributed by atoms with Gasteiger partial charge in [-0.15, -0.1) is 0 Å². The summed E-state index contributed by atoms with van der Waals surface area (Å²) in [4.78, 5) is 32.1. The SMILES string of the molecule is COc1ccc(/C(O)=C2/C(=O)C(=O)N(Cc3cccnc3)C2c2cc(OC)c(OC)c(OC)c2)cc1. The van der Waals surface area contributed by atoms with Crippen molar-refractivity contribution in [2.45, 2.75) is 12.6 Å². The third kappa shape index (κ3) is 4.43. The zero-order valence-electron chi connectivity index (χ0n) is 20.3. The van der Waals surface area contributed by atoms with E-state index in [2.05, 4.69) is 4.98 Å². The molecule has 0 saturated carbocycles. The molecule has 1 aromatic heterocycles. The number of aliphatic hydroxyl groups excluding tert-OH is 1. The highest BCUT2D eigenvalue weighted by molar-refractivity contribution is 6.46. The molecule has 9 heteroatoms. The first-order chi connectivity index (χ1) is 17.4. The molecule has 1 unspecified atom stereocenters. The largest absolute Gasteiger partial charge is 0.507 e. The summed E-state index contributed by atoms with van der Waals surface area (Å²) in [7, 11) is 5.97. The second-order valence-corrected chi connectivity index (χ2v) is 7.98. The Balaban J connectivity index is 1.93. The minimum atomic E-state index is -0.930. The molecule has 2 aromatic carbocycles. The van der Waals surface area contributed by atoms with Crippen molar-refractivity contribution in [3.8, 4) is 23.0 Å². The van der Waals surface area contributed by atoms with Crippen LogP contribution < -0.4 is 18.9 Å². The molecule has 1 aliphatic rings. The molecule has 186 valence electrons. The van der Waals surface area contributed by atoms with Gasteiger partial charge in [-0.25, -0.2) is 0 Å². The molecule has 2 heterocycles. The van der Waals surface area contributed by atoms with Crippen molar-refractivity contribution in [3.63, 3.8) is 0 Å². The van der Waals surface area contributed by atoms with Gasteiger partial charge in [0.1, 0.15) is 11.5 Å². The van der Waals surface area contributed by atoms with E-state index in [-0.39, 0.29) is 17.9 Å². The minimum absolute atomic E-state index is 0.0525. The topological polar surface area (TPSA) is 107 Å². The Kier molecular flexibility index (Phi) is 7.10. The van der Waals surface area contributed by atoms with Gasteiger partial charge in [-0.2, -0.15) is 0 Å². The fraction of sp³-hybridized carbons (Fsp3) is 0.222. The van der Waals surface area contributed by atoms with Gasteiger partial charge >= 0.3 is 0 Å². The summed E-state index contributed by atoms with van der Waals surface area (Å²) in [6, 6.07) is 12.5. The maximum absolute atomic E-state index is 13.3. The molecular formula is C27H26N2O7. The minimum Gasteiger partial charge on any atom is -0.507 e. The Bertz CT molecular complexity index is 1280. The summed E-state index contributed by atoms with van der Waals surface area (Å²) >= 11 is 0. The number of pyridine rings is 1. The average Bonchev–Trinajstić information content (AvgIpc) is 3.17. The number of likely N-dealkylation sites (tertiary alicyclic amines) is 1. The van der Waals surface area contributed by atoms with Crippen LogP contribution in [0.5, 0.6) is 23.0 Å². The van der Waals surface area contributed by atoms with Crippen molar-refractivity contribution in [2.75, 3.05) is 28.4 Å². The van der Waals surface area contributed by atoms with Crippen molar-refractivity contribution in [3.05, 3.63) is 83.2 Å². The van der Waals surface area contributed by atoms with Gasteiger partial charge in [0.05, 0.1) is 40.1 Å². The van der Waals surface area contributed by atoms with Crippen LogP contribution in [0.4, 0.5) is 0 Å². The Morgan fingerprint density at radius 1 is 0.944 bits per heavy atom. The van der Waals surface area contributed by atoms with Crippen LogP contribution in [0.15, 0.2) is 66.5 Å². The van der Waals surface area contributed by atoms with Gasteiger partial charge in [-0.05, 0) is 53.6 Å². The van der Waals surface area contributed by atoms with Crippen molar-refractivity contribution in [2.24, 2.45) is 0 Å². The smallest absolute Gasteiger partial charge is 0.295 e. The molecule has 0 spiro atoms. The summed E-state index contributed by atoms with van der Waals surface area (Å²) < 4.78 is 21.6. The van der Waals surface area contributed by atoms with Crippen LogP contribution in [-0.4, -0.2) is 55.1 Å². The van der Waals surface area contributed by atoms with Crippen molar-refractivity contribution in [1.82, 2.24) is 9.88 Å². The Labute approximate surface area is 208 Å². The number of carbonyl (C=O) groups is 2. The van der Waals surface area contributed by atoms with Gasteiger partial charge in [0.25, 0.3) is 11.7 Å². The first kappa shape index (κ1) is 24.6. The van der Waals surface area contributed by atoms with E-state index in [9.17, 15) is 14.7 Å². The molecule has 1 atom stereocenters. The van der Waals surface area contributed by atoms with E-state index < -0.39 is 17.7 Å². The first-order valence-electron chi connectivity index (χ1n) is 11.0. The molecule has 3 aromatic rings. The van der Waals surface area contributed by atoms with Crippen LogP contribution >= 0.6 is 0 Å². The zero-order chi connectivity index (χ0) is 25.8. The lowest BCUT2D eigenvalue weighted by Gasteiger charge is -2.26. The van der Waals surface area contributed by atoms with E-state index >= 15 is 0 Å². The highest BCUT2D eigenvalue weighted by Crippen LogP contribution is 2.46. The number of ether oxygens (including phenoxy) is 4. The quantitative estimate of drug-likeness (QED) is 0.289. The van der Waals surface area contributed by atoms with Crippen LogP contribution in [0.3, 0.4) is 0 Å². The van der Waals surface area contributed by atoms with Gasteiger partial charge < -0.3 is 29.0 Å². The van der Waals surface area contributed by atoms with Gasteiger partial charge in [-0.3, -0.25) is 14.6 Å². The number of nitrogens with zero attached hydrogens (tertiary/aromatic N) is 2. The van der Waals surface area contributed by atoms with Gasteiger partial charge in [0.2, 0.25) is 5.75 Å². The Morgan fingerprint density at radius 3 is 2.14 bits per heavy atom. The molecule has 9 nitrogen and oxygen atoms in total.